The fourth-order valence-electron chi connectivity index (χ4n) is 3.90. The van der Waals surface area contributed by atoms with Gasteiger partial charge in [-0.05, 0) is 44.9 Å². The fourth-order valence-corrected chi connectivity index (χ4v) is 4.74. The second-order valence-electron chi connectivity index (χ2n) is 8.91. The second-order valence-corrected chi connectivity index (χ2v) is 10.8. The number of anilines is 1. The highest BCUT2D eigenvalue weighted by molar-refractivity contribution is 7.92. The molecular weight excluding hydrogens is 482 g/mol. The van der Waals surface area contributed by atoms with Crippen molar-refractivity contribution < 1.29 is 27.5 Å². The van der Waals surface area contributed by atoms with Crippen molar-refractivity contribution in [2.24, 2.45) is 0 Å². The summed E-state index contributed by atoms with van der Waals surface area (Å²) in [5.74, 6) is -0.0260. The zero-order chi connectivity index (χ0) is 27.0. The first kappa shape index (κ1) is 29.0. The number of aryl methyl sites for hydroxylation is 1. The summed E-state index contributed by atoms with van der Waals surface area (Å²) in [4.78, 5) is 28.2. The zero-order valence-corrected chi connectivity index (χ0v) is 22.9. The Morgan fingerprint density at radius 1 is 1.03 bits per heavy atom. The molecule has 198 valence electrons. The molecule has 0 aliphatic carbocycles. The van der Waals surface area contributed by atoms with Crippen LogP contribution in [0.25, 0.3) is 0 Å². The topological polar surface area (TPSA) is 105 Å². The number of benzene rings is 2. The van der Waals surface area contributed by atoms with Crippen molar-refractivity contribution in [3.8, 4) is 11.5 Å². The van der Waals surface area contributed by atoms with E-state index in [2.05, 4.69) is 5.32 Å². The van der Waals surface area contributed by atoms with Crippen LogP contribution >= 0.6 is 0 Å². The van der Waals surface area contributed by atoms with E-state index in [9.17, 15) is 18.0 Å². The number of methoxy groups -OCH3 is 2. The highest BCUT2D eigenvalue weighted by atomic mass is 32.2. The lowest BCUT2D eigenvalue weighted by Gasteiger charge is -2.33. The number of nitrogens with zero attached hydrogens (tertiary/aromatic N) is 2. The van der Waals surface area contributed by atoms with Gasteiger partial charge in [0.1, 0.15) is 12.6 Å². The van der Waals surface area contributed by atoms with Crippen molar-refractivity contribution in [3.05, 3.63) is 53.6 Å². The minimum atomic E-state index is -3.85. The summed E-state index contributed by atoms with van der Waals surface area (Å²) >= 11 is 0. The summed E-state index contributed by atoms with van der Waals surface area (Å²) in [6, 6.07) is 11.4. The molecule has 0 bridgehead atoms. The maximum absolute atomic E-state index is 13.7. The number of ether oxygens (including phenoxy) is 2. The molecule has 1 atom stereocenters. The smallest absolute Gasteiger partial charge is 0.244 e. The van der Waals surface area contributed by atoms with Crippen LogP contribution in [0.4, 0.5) is 5.69 Å². The molecule has 0 fully saturated rings. The quantitative estimate of drug-likeness (QED) is 0.462. The van der Waals surface area contributed by atoms with Crippen LogP contribution < -0.4 is 19.1 Å². The average Bonchev–Trinajstić information content (AvgIpc) is 2.80. The Bertz CT molecular complexity index is 1170. The third-order valence-electron chi connectivity index (χ3n) is 5.59. The summed E-state index contributed by atoms with van der Waals surface area (Å²) in [5.41, 5.74) is 2.11. The van der Waals surface area contributed by atoms with Crippen molar-refractivity contribution in [1.82, 2.24) is 10.2 Å². The van der Waals surface area contributed by atoms with Crippen molar-refractivity contribution in [2.45, 2.75) is 52.7 Å². The zero-order valence-electron chi connectivity index (χ0n) is 22.1. The first-order valence-electron chi connectivity index (χ1n) is 11.8. The molecule has 10 heteroatoms. The number of amides is 2. The van der Waals surface area contributed by atoms with Crippen molar-refractivity contribution >= 4 is 27.5 Å². The van der Waals surface area contributed by atoms with E-state index in [-0.39, 0.29) is 24.2 Å². The highest BCUT2D eigenvalue weighted by Gasteiger charge is 2.32. The third kappa shape index (κ3) is 7.61. The van der Waals surface area contributed by atoms with E-state index in [1.165, 1.54) is 25.2 Å². The Hall–Kier alpha value is -3.27. The summed E-state index contributed by atoms with van der Waals surface area (Å²) in [7, 11) is -0.931. The lowest BCUT2D eigenvalue weighted by atomic mass is 10.1. The van der Waals surface area contributed by atoms with E-state index in [0.29, 0.717) is 17.9 Å². The van der Waals surface area contributed by atoms with Gasteiger partial charge < -0.3 is 19.7 Å². The molecule has 2 aromatic carbocycles. The maximum Gasteiger partial charge on any atom is 0.244 e. The molecule has 9 nitrogen and oxygen atoms in total. The molecular formula is C26H37N3O6S. The van der Waals surface area contributed by atoms with Gasteiger partial charge in [-0.15, -0.1) is 0 Å². The largest absolute Gasteiger partial charge is 0.493 e. The Morgan fingerprint density at radius 2 is 1.69 bits per heavy atom. The Balaban J connectivity index is 2.49. The minimum Gasteiger partial charge on any atom is -0.493 e. The molecule has 1 unspecified atom stereocenters. The van der Waals surface area contributed by atoms with Crippen LogP contribution in [0, 0.1) is 6.92 Å². The first-order chi connectivity index (χ1) is 16.9. The van der Waals surface area contributed by atoms with Crippen LogP contribution in [0.15, 0.2) is 42.5 Å². The van der Waals surface area contributed by atoms with Gasteiger partial charge >= 0.3 is 0 Å². The number of carbonyl (C=O) groups excluding carboxylic acids is 2. The Labute approximate surface area is 214 Å². The van der Waals surface area contributed by atoms with Crippen LogP contribution in [0.3, 0.4) is 0 Å². The Kier molecular flexibility index (Phi) is 10.2. The number of sulfonamides is 1. The highest BCUT2D eigenvalue weighted by Crippen LogP contribution is 2.32. The van der Waals surface area contributed by atoms with E-state index >= 15 is 0 Å². The van der Waals surface area contributed by atoms with Gasteiger partial charge in [-0.2, -0.15) is 0 Å². The molecule has 0 aliphatic rings. The van der Waals surface area contributed by atoms with Gasteiger partial charge in [0, 0.05) is 18.7 Å². The molecule has 0 radical (unpaired) electrons. The number of nitrogens with one attached hydrogen (secondary N) is 1. The van der Waals surface area contributed by atoms with Crippen molar-refractivity contribution in [1.29, 1.82) is 0 Å². The second kappa shape index (κ2) is 12.6. The molecule has 1 N–H and O–H groups in total. The third-order valence-corrected chi connectivity index (χ3v) is 6.73. The molecule has 2 aromatic rings. The molecule has 2 rings (SSSR count). The van der Waals surface area contributed by atoms with Gasteiger partial charge in [-0.25, -0.2) is 8.42 Å². The summed E-state index contributed by atoms with van der Waals surface area (Å²) in [5, 5.41) is 2.87. The van der Waals surface area contributed by atoms with E-state index in [4.69, 9.17) is 9.47 Å². The lowest BCUT2D eigenvalue weighted by molar-refractivity contribution is -0.140. The molecule has 0 aliphatic heterocycles. The Morgan fingerprint density at radius 3 is 2.22 bits per heavy atom. The van der Waals surface area contributed by atoms with E-state index < -0.39 is 28.5 Å². The minimum absolute atomic E-state index is 0.109. The van der Waals surface area contributed by atoms with Gasteiger partial charge in [0.25, 0.3) is 0 Å². The first-order valence-corrected chi connectivity index (χ1v) is 13.6. The number of carbonyl (C=O) groups is 2. The van der Waals surface area contributed by atoms with Crippen LogP contribution in [0.2, 0.25) is 0 Å². The molecule has 36 heavy (non-hydrogen) atoms. The van der Waals surface area contributed by atoms with Crippen molar-refractivity contribution in [2.75, 3.05) is 31.3 Å². The molecule has 0 spiro atoms. The predicted molar refractivity (Wildman–Crippen MR) is 141 cm³/mol. The van der Waals surface area contributed by atoms with Gasteiger partial charge in [-0.3, -0.25) is 13.9 Å². The van der Waals surface area contributed by atoms with E-state index in [1.54, 1.807) is 12.1 Å². The van der Waals surface area contributed by atoms with Crippen LogP contribution in [-0.4, -0.2) is 64.2 Å². The van der Waals surface area contributed by atoms with Crippen molar-refractivity contribution in [3.63, 3.8) is 0 Å². The molecule has 2 amide bonds. The van der Waals surface area contributed by atoms with Gasteiger partial charge in [0.05, 0.1) is 26.2 Å². The fraction of sp³-hybridized carbons (Fsp3) is 0.462. The SMILES string of the molecule is CCC(C(=O)NC(C)C)N(Cc1cccc(C)c1)C(=O)CN(c1ccc(OC)c(OC)c1)S(C)(=O)=O. The van der Waals surface area contributed by atoms with E-state index in [0.717, 1.165) is 21.7 Å². The molecule has 0 saturated heterocycles. The van der Waals surface area contributed by atoms with E-state index in [1.807, 2.05) is 52.0 Å². The normalized spacial score (nSPS) is 12.1. The molecule has 0 saturated carbocycles. The maximum atomic E-state index is 13.7. The standard InChI is InChI=1S/C26H37N3O6S/c1-8-22(26(31)27-18(2)3)28(16-20-11-9-10-19(4)14-20)25(30)17-29(36(7,32)33)21-12-13-23(34-5)24(15-21)35-6/h9-15,18,22H,8,16-17H2,1-7H3,(H,27,31). The lowest BCUT2D eigenvalue weighted by Crippen LogP contribution is -2.53. The predicted octanol–water partition coefficient (Wildman–Crippen LogP) is 3.11. The summed E-state index contributed by atoms with van der Waals surface area (Å²) in [6.07, 6.45) is 1.40. The number of rotatable bonds is 12. The van der Waals surface area contributed by atoms with Gasteiger partial charge in [0.15, 0.2) is 11.5 Å². The van der Waals surface area contributed by atoms with Crippen LogP contribution in [0.1, 0.15) is 38.3 Å². The van der Waals surface area contributed by atoms with Crippen LogP contribution in [-0.2, 0) is 26.2 Å². The average molecular weight is 520 g/mol. The summed E-state index contributed by atoms with van der Waals surface area (Å²) < 4.78 is 37.1. The molecule has 0 aromatic heterocycles. The van der Waals surface area contributed by atoms with Gasteiger partial charge in [-0.1, -0.05) is 36.8 Å². The van der Waals surface area contributed by atoms with Gasteiger partial charge in [0.2, 0.25) is 21.8 Å². The number of hydrogen-bond acceptors (Lipinski definition) is 6. The van der Waals surface area contributed by atoms with Crippen LogP contribution in [0.5, 0.6) is 11.5 Å². The summed E-state index contributed by atoms with van der Waals surface area (Å²) in [6.45, 7) is 7.14. The monoisotopic (exact) mass is 519 g/mol. The number of hydrogen-bond donors (Lipinski definition) is 1. The molecule has 0 heterocycles.